The molecule has 0 atom stereocenters. The second-order valence-corrected chi connectivity index (χ2v) is 8.33. The van der Waals surface area contributed by atoms with Gasteiger partial charge in [-0.15, -0.1) is 0 Å². The molecule has 1 aliphatic carbocycles. The van der Waals surface area contributed by atoms with E-state index in [4.69, 9.17) is 0 Å². The van der Waals surface area contributed by atoms with Crippen LogP contribution >= 0.6 is 0 Å². The molecule has 0 spiro atoms. The van der Waals surface area contributed by atoms with Crippen LogP contribution in [0.4, 0.5) is 21.9 Å². The summed E-state index contributed by atoms with van der Waals surface area (Å²) in [6.07, 6.45) is 4.97. The summed E-state index contributed by atoms with van der Waals surface area (Å²) < 4.78 is 0. The largest absolute Gasteiger partial charge is 0.372 e. The average Bonchev–Trinajstić information content (AvgIpc) is 3.05. The van der Waals surface area contributed by atoms with Gasteiger partial charge < -0.3 is 15.5 Å². The van der Waals surface area contributed by atoms with Crippen LogP contribution < -0.4 is 15.5 Å². The number of amides is 4. The first-order chi connectivity index (χ1) is 15.5. The number of fused-ring (bicyclic) bond motifs is 1. The van der Waals surface area contributed by atoms with Gasteiger partial charge in [-0.2, -0.15) is 0 Å². The number of hydrogen-bond donors (Lipinski definition) is 2. The zero-order chi connectivity index (χ0) is 22.7. The van der Waals surface area contributed by atoms with E-state index in [9.17, 15) is 14.4 Å². The predicted molar refractivity (Wildman–Crippen MR) is 126 cm³/mol. The second-order valence-electron chi connectivity index (χ2n) is 8.33. The number of anilines is 3. The molecule has 0 aromatic heterocycles. The van der Waals surface area contributed by atoms with E-state index in [1.165, 1.54) is 4.90 Å². The number of benzene rings is 2. The van der Waals surface area contributed by atoms with Crippen molar-refractivity contribution >= 4 is 34.9 Å². The zero-order valence-electron chi connectivity index (χ0n) is 18.7. The molecule has 1 saturated carbocycles. The van der Waals surface area contributed by atoms with Crippen LogP contribution in [0.1, 0.15) is 66.7 Å². The Hall–Kier alpha value is -3.35. The van der Waals surface area contributed by atoms with Crippen molar-refractivity contribution in [3.05, 3.63) is 53.6 Å². The van der Waals surface area contributed by atoms with Gasteiger partial charge in [0.15, 0.2) is 0 Å². The number of nitrogens with zero attached hydrogens (tertiary/aromatic N) is 2. The molecule has 1 fully saturated rings. The summed E-state index contributed by atoms with van der Waals surface area (Å²) in [5, 5.41) is 5.58. The van der Waals surface area contributed by atoms with Crippen molar-refractivity contribution in [2.45, 2.75) is 52.0 Å². The standard InChI is InChI=1S/C25H30N4O3/c1-3-28(4-2)19-13-10-17(11-14-19)26-25(32)27-18-12-15-21-22(16-18)24(31)29(23(21)30)20-8-6-5-7-9-20/h10-16,20H,3-9H2,1-2H3,(H2,26,27,32). The molecule has 7 heteroatoms. The molecule has 0 bridgehead atoms. The van der Waals surface area contributed by atoms with Crippen LogP contribution in [0.5, 0.6) is 0 Å². The van der Waals surface area contributed by atoms with Gasteiger partial charge in [-0.25, -0.2) is 4.79 Å². The Kier molecular flexibility index (Phi) is 6.44. The lowest BCUT2D eigenvalue weighted by atomic mass is 9.94. The lowest BCUT2D eigenvalue weighted by Crippen LogP contribution is -2.40. The predicted octanol–water partition coefficient (Wildman–Crippen LogP) is 5.11. The third-order valence-corrected chi connectivity index (χ3v) is 6.37. The van der Waals surface area contributed by atoms with Crippen molar-refractivity contribution in [2.24, 2.45) is 0 Å². The fourth-order valence-corrected chi connectivity index (χ4v) is 4.65. The van der Waals surface area contributed by atoms with E-state index >= 15 is 0 Å². The van der Waals surface area contributed by atoms with E-state index in [1.807, 2.05) is 24.3 Å². The highest BCUT2D eigenvalue weighted by Gasteiger charge is 2.40. The SMILES string of the molecule is CCN(CC)c1ccc(NC(=O)Nc2ccc3c(c2)C(=O)N(C2CCCCC2)C3=O)cc1. The van der Waals surface area contributed by atoms with Gasteiger partial charge in [-0.1, -0.05) is 19.3 Å². The normalized spacial score (nSPS) is 16.1. The van der Waals surface area contributed by atoms with Gasteiger partial charge in [0.2, 0.25) is 0 Å². The first kappa shape index (κ1) is 21.9. The van der Waals surface area contributed by atoms with Crippen LogP contribution in [0, 0.1) is 0 Å². The minimum atomic E-state index is -0.401. The van der Waals surface area contributed by atoms with Crippen molar-refractivity contribution in [1.29, 1.82) is 0 Å². The summed E-state index contributed by atoms with van der Waals surface area (Å²) in [6.45, 7) is 6.04. The van der Waals surface area contributed by atoms with Gasteiger partial charge >= 0.3 is 6.03 Å². The highest BCUT2D eigenvalue weighted by Crippen LogP contribution is 2.32. The maximum atomic E-state index is 12.9. The Balaban J connectivity index is 1.42. The Bertz CT molecular complexity index is 1010. The first-order valence-corrected chi connectivity index (χ1v) is 11.5. The molecule has 0 saturated heterocycles. The molecule has 168 valence electrons. The van der Waals surface area contributed by atoms with E-state index in [-0.39, 0.29) is 17.9 Å². The maximum Gasteiger partial charge on any atom is 0.323 e. The third-order valence-electron chi connectivity index (χ3n) is 6.37. The summed E-state index contributed by atoms with van der Waals surface area (Å²) in [5.74, 6) is -0.478. The molecule has 1 heterocycles. The van der Waals surface area contributed by atoms with Gasteiger partial charge in [0.05, 0.1) is 11.1 Å². The highest BCUT2D eigenvalue weighted by molar-refractivity contribution is 6.22. The Labute approximate surface area is 188 Å². The van der Waals surface area contributed by atoms with E-state index in [0.717, 1.165) is 50.9 Å². The lowest BCUT2D eigenvalue weighted by molar-refractivity contribution is 0.0549. The lowest BCUT2D eigenvalue weighted by Gasteiger charge is -2.29. The van der Waals surface area contributed by atoms with Crippen molar-refractivity contribution in [2.75, 3.05) is 28.6 Å². The van der Waals surface area contributed by atoms with Gasteiger partial charge in [0, 0.05) is 36.2 Å². The number of urea groups is 1. The van der Waals surface area contributed by atoms with Crippen molar-refractivity contribution in [1.82, 2.24) is 4.90 Å². The van der Waals surface area contributed by atoms with E-state index in [2.05, 4.69) is 29.4 Å². The highest BCUT2D eigenvalue weighted by atomic mass is 16.2. The third kappa shape index (κ3) is 4.33. The molecule has 2 N–H and O–H groups in total. The zero-order valence-corrected chi connectivity index (χ0v) is 18.7. The molecule has 4 amide bonds. The molecule has 1 aliphatic heterocycles. The number of rotatable bonds is 6. The topological polar surface area (TPSA) is 81.8 Å². The summed E-state index contributed by atoms with van der Waals surface area (Å²) in [7, 11) is 0. The molecular weight excluding hydrogens is 404 g/mol. The Morgan fingerprint density at radius 3 is 2.12 bits per heavy atom. The fraction of sp³-hybridized carbons (Fsp3) is 0.400. The van der Waals surface area contributed by atoms with Gasteiger partial charge in [-0.3, -0.25) is 14.5 Å². The minimum absolute atomic E-state index is 0.0184. The molecule has 2 aromatic rings. The minimum Gasteiger partial charge on any atom is -0.372 e. The van der Waals surface area contributed by atoms with E-state index in [1.54, 1.807) is 18.2 Å². The van der Waals surface area contributed by atoms with Gasteiger partial charge in [-0.05, 0) is 69.2 Å². The average molecular weight is 435 g/mol. The number of carbonyl (C=O) groups is 3. The molecular formula is C25H30N4O3. The van der Waals surface area contributed by atoms with Crippen molar-refractivity contribution in [3.63, 3.8) is 0 Å². The number of carbonyl (C=O) groups excluding carboxylic acids is 3. The van der Waals surface area contributed by atoms with Crippen LogP contribution in [0.2, 0.25) is 0 Å². The molecule has 32 heavy (non-hydrogen) atoms. The van der Waals surface area contributed by atoms with Crippen LogP contribution in [0.15, 0.2) is 42.5 Å². The Morgan fingerprint density at radius 1 is 0.875 bits per heavy atom. The molecule has 2 aromatic carbocycles. The number of nitrogens with one attached hydrogen (secondary N) is 2. The van der Waals surface area contributed by atoms with E-state index in [0.29, 0.717) is 22.5 Å². The van der Waals surface area contributed by atoms with Crippen molar-refractivity contribution in [3.8, 4) is 0 Å². The molecule has 7 nitrogen and oxygen atoms in total. The van der Waals surface area contributed by atoms with Crippen LogP contribution in [-0.4, -0.2) is 41.9 Å². The fourth-order valence-electron chi connectivity index (χ4n) is 4.65. The van der Waals surface area contributed by atoms with Crippen LogP contribution in [0.3, 0.4) is 0 Å². The van der Waals surface area contributed by atoms with Gasteiger partial charge in [0.25, 0.3) is 11.8 Å². The molecule has 2 aliphatic rings. The summed E-state index contributed by atoms with van der Waals surface area (Å²) in [5.41, 5.74) is 3.03. The molecule has 0 radical (unpaired) electrons. The van der Waals surface area contributed by atoms with Crippen molar-refractivity contribution < 1.29 is 14.4 Å². The number of imide groups is 1. The summed E-state index contributed by atoms with van der Waals surface area (Å²) in [6, 6.07) is 12.1. The van der Waals surface area contributed by atoms with Crippen LogP contribution in [-0.2, 0) is 0 Å². The second kappa shape index (κ2) is 9.42. The molecule has 0 unspecified atom stereocenters. The quantitative estimate of drug-likeness (QED) is 0.620. The summed E-state index contributed by atoms with van der Waals surface area (Å²) in [4.78, 5) is 41.9. The monoisotopic (exact) mass is 434 g/mol. The maximum absolute atomic E-state index is 12.9. The van der Waals surface area contributed by atoms with E-state index < -0.39 is 6.03 Å². The Morgan fingerprint density at radius 2 is 1.47 bits per heavy atom. The first-order valence-electron chi connectivity index (χ1n) is 11.5. The smallest absolute Gasteiger partial charge is 0.323 e. The molecule has 4 rings (SSSR count). The van der Waals surface area contributed by atoms with Gasteiger partial charge in [0.1, 0.15) is 0 Å². The van der Waals surface area contributed by atoms with Crippen LogP contribution in [0.25, 0.3) is 0 Å². The number of hydrogen-bond acceptors (Lipinski definition) is 4. The summed E-state index contributed by atoms with van der Waals surface area (Å²) >= 11 is 0.